The van der Waals surface area contributed by atoms with Crippen LogP contribution in [0.15, 0.2) is 24.3 Å². The van der Waals surface area contributed by atoms with Crippen molar-refractivity contribution in [1.82, 2.24) is 4.90 Å². The van der Waals surface area contributed by atoms with Gasteiger partial charge in [-0.1, -0.05) is 12.1 Å². The van der Waals surface area contributed by atoms with Crippen LogP contribution < -0.4 is 10.5 Å². The van der Waals surface area contributed by atoms with E-state index in [2.05, 4.69) is 17.0 Å². The molecule has 0 bridgehead atoms. The monoisotopic (exact) mass is 300 g/mol. The molecule has 2 N–H and O–H groups in total. The van der Waals surface area contributed by atoms with Crippen LogP contribution in [0.3, 0.4) is 0 Å². The van der Waals surface area contributed by atoms with Gasteiger partial charge in [-0.25, -0.2) is 0 Å². The standard InChI is InChI=1S/C15H24N2O2.ClH/c1-12(2)19-14-5-3-13(4-6-14)10-17-7-8-18-15(9-16)11-17;/h3-6,12,15H,7-11,16H2,1-2H3;1H. The first-order chi connectivity index (χ1) is 9.17. The van der Waals surface area contributed by atoms with Crippen molar-refractivity contribution in [3.8, 4) is 5.75 Å². The predicted molar refractivity (Wildman–Crippen MR) is 83.5 cm³/mol. The number of hydrogen-bond donors (Lipinski definition) is 1. The second-order valence-corrected chi connectivity index (χ2v) is 5.27. The van der Waals surface area contributed by atoms with Gasteiger partial charge >= 0.3 is 0 Å². The van der Waals surface area contributed by atoms with Gasteiger partial charge in [-0.3, -0.25) is 4.90 Å². The highest BCUT2D eigenvalue weighted by Crippen LogP contribution is 2.16. The van der Waals surface area contributed by atoms with Gasteiger partial charge in [-0.15, -0.1) is 12.4 Å². The van der Waals surface area contributed by atoms with Crippen LogP contribution in [0.5, 0.6) is 5.75 Å². The largest absolute Gasteiger partial charge is 0.491 e. The zero-order chi connectivity index (χ0) is 13.7. The Morgan fingerprint density at radius 3 is 2.65 bits per heavy atom. The smallest absolute Gasteiger partial charge is 0.119 e. The van der Waals surface area contributed by atoms with Crippen molar-refractivity contribution in [2.45, 2.75) is 32.6 Å². The average molecular weight is 301 g/mol. The van der Waals surface area contributed by atoms with Crippen molar-refractivity contribution >= 4 is 12.4 Å². The van der Waals surface area contributed by atoms with Crippen LogP contribution in [0.25, 0.3) is 0 Å². The maximum absolute atomic E-state index is 5.66. The lowest BCUT2D eigenvalue weighted by Crippen LogP contribution is -2.45. The molecule has 0 aliphatic carbocycles. The summed E-state index contributed by atoms with van der Waals surface area (Å²) >= 11 is 0. The number of ether oxygens (including phenoxy) is 2. The Morgan fingerprint density at radius 2 is 2.05 bits per heavy atom. The molecule has 0 amide bonds. The number of benzene rings is 1. The Kier molecular flexibility index (Phi) is 7.30. The van der Waals surface area contributed by atoms with Crippen molar-refractivity contribution in [2.75, 3.05) is 26.2 Å². The molecule has 114 valence electrons. The molecular formula is C15H25ClN2O2. The molecule has 1 heterocycles. The maximum atomic E-state index is 5.66. The fraction of sp³-hybridized carbons (Fsp3) is 0.600. The number of halogens is 1. The summed E-state index contributed by atoms with van der Waals surface area (Å²) in [5.74, 6) is 0.931. The number of rotatable bonds is 5. The van der Waals surface area contributed by atoms with E-state index in [1.165, 1.54) is 5.56 Å². The lowest BCUT2D eigenvalue weighted by Gasteiger charge is -2.32. The summed E-state index contributed by atoms with van der Waals surface area (Å²) in [6.07, 6.45) is 0.396. The molecule has 1 saturated heterocycles. The highest BCUT2D eigenvalue weighted by Gasteiger charge is 2.18. The van der Waals surface area contributed by atoms with E-state index in [9.17, 15) is 0 Å². The first-order valence-corrected chi connectivity index (χ1v) is 6.97. The minimum Gasteiger partial charge on any atom is -0.491 e. The lowest BCUT2D eigenvalue weighted by atomic mass is 10.2. The summed E-state index contributed by atoms with van der Waals surface area (Å²) in [5.41, 5.74) is 6.96. The molecule has 5 heteroatoms. The summed E-state index contributed by atoms with van der Waals surface area (Å²) in [5, 5.41) is 0. The molecule has 0 radical (unpaired) electrons. The van der Waals surface area contributed by atoms with E-state index in [0.717, 1.165) is 32.0 Å². The molecular weight excluding hydrogens is 276 g/mol. The van der Waals surface area contributed by atoms with Crippen LogP contribution in [0.1, 0.15) is 19.4 Å². The Labute approximate surface area is 127 Å². The van der Waals surface area contributed by atoms with E-state index in [1.54, 1.807) is 0 Å². The first-order valence-electron chi connectivity index (χ1n) is 6.97. The van der Waals surface area contributed by atoms with Gasteiger partial charge in [-0.2, -0.15) is 0 Å². The van der Waals surface area contributed by atoms with Crippen LogP contribution >= 0.6 is 12.4 Å². The Balaban J connectivity index is 0.00000200. The van der Waals surface area contributed by atoms with E-state index in [-0.39, 0.29) is 24.6 Å². The Hall–Kier alpha value is -0.810. The van der Waals surface area contributed by atoms with Crippen molar-refractivity contribution in [3.63, 3.8) is 0 Å². The number of morpholine rings is 1. The Morgan fingerprint density at radius 1 is 1.35 bits per heavy atom. The summed E-state index contributed by atoms with van der Waals surface area (Å²) in [4.78, 5) is 2.39. The zero-order valence-electron chi connectivity index (χ0n) is 12.2. The van der Waals surface area contributed by atoms with E-state index in [1.807, 2.05) is 26.0 Å². The average Bonchev–Trinajstić information content (AvgIpc) is 2.41. The molecule has 2 rings (SSSR count). The van der Waals surface area contributed by atoms with Crippen LogP contribution in [-0.2, 0) is 11.3 Å². The lowest BCUT2D eigenvalue weighted by molar-refractivity contribution is -0.0260. The van der Waals surface area contributed by atoms with Gasteiger partial charge in [0.1, 0.15) is 5.75 Å². The van der Waals surface area contributed by atoms with Gasteiger partial charge in [0.15, 0.2) is 0 Å². The molecule has 0 saturated carbocycles. The molecule has 1 unspecified atom stereocenters. The van der Waals surface area contributed by atoms with Gasteiger partial charge < -0.3 is 15.2 Å². The second kappa shape index (κ2) is 8.47. The van der Waals surface area contributed by atoms with E-state index >= 15 is 0 Å². The first kappa shape index (κ1) is 17.2. The summed E-state index contributed by atoms with van der Waals surface area (Å²) in [6.45, 7) is 8.28. The molecule has 1 aliphatic heterocycles. The van der Waals surface area contributed by atoms with E-state index in [4.69, 9.17) is 15.2 Å². The third kappa shape index (κ3) is 5.29. The molecule has 0 aromatic heterocycles. The van der Waals surface area contributed by atoms with Crippen LogP contribution in [0, 0.1) is 0 Å². The molecule has 20 heavy (non-hydrogen) atoms. The fourth-order valence-corrected chi connectivity index (χ4v) is 2.27. The number of hydrogen-bond acceptors (Lipinski definition) is 4. The van der Waals surface area contributed by atoms with Crippen LogP contribution in [0.2, 0.25) is 0 Å². The molecule has 0 spiro atoms. The van der Waals surface area contributed by atoms with Crippen molar-refractivity contribution in [3.05, 3.63) is 29.8 Å². The third-order valence-electron chi connectivity index (χ3n) is 3.19. The van der Waals surface area contributed by atoms with Gasteiger partial charge in [0, 0.05) is 26.2 Å². The highest BCUT2D eigenvalue weighted by molar-refractivity contribution is 5.85. The quantitative estimate of drug-likeness (QED) is 0.904. The molecule has 1 aliphatic rings. The van der Waals surface area contributed by atoms with Crippen LogP contribution in [0.4, 0.5) is 0 Å². The van der Waals surface area contributed by atoms with Gasteiger partial charge in [-0.05, 0) is 31.5 Å². The summed E-state index contributed by atoms with van der Waals surface area (Å²) in [6, 6.07) is 8.33. The van der Waals surface area contributed by atoms with Crippen molar-refractivity contribution in [2.24, 2.45) is 5.73 Å². The second-order valence-electron chi connectivity index (χ2n) is 5.27. The molecule has 1 aromatic carbocycles. The summed E-state index contributed by atoms with van der Waals surface area (Å²) in [7, 11) is 0. The maximum Gasteiger partial charge on any atom is 0.119 e. The highest BCUT2D eigenvalue weighted by atomic mass is 35.5. The van der Waals surface area contributed by atoms with Crippen molar-refractivity contribution in [1.29, 1.82) is 0 Å². The number of nitrogens with zero attached hydrogens (tertiary/aromatic N) is 1. The van der Waals surface area contributed by atoms with Gasteiger partial charge in [0.05, 0.1) is 18.8 Å². The molecule has 1 atom stereocenters. The normalized spacial score (nSPS) is 19.7. The molecule has 1 aromatic rings. The van der Waals surface area contributed by atoms with Crippen LogP contribution in [-0.4, -0.2) is 43.3 Å². The third-order valence-corrected chi connectivity index (χ3v) is 3.19. The topological polar surface area (TPSA) is 47.7 Å². The van der Waals surface area contributed by atoms with Gasteiger partial charge in [0.25, 0.3) is 0 Å². The van der Waals surface area contributed by atoms with Gasteiger partial charge in [0.2, 0.25) is 0 Å². The predicted octanol–water partition coefficient (Wildman–Crippen LogP) is 2.06. The summed E-state index contributed by atoms with van der Waals surface area (Å²) < 4.78 is 11.2. The SMILES string of the molecule is CC(C)Oc1ccc(CN2CCOC(CN)C2)cc1.Cl. The molecule has 4 nitrogen and oxygen atoms in total. The Bertz CT molecular complexity index is 384. The fourth-order valence-electron chi connectivity index (χ4n) is 2.27. The minimum absolute atomic E-state index is 0. The van der Waals surface area contributed by atoms with E-state index in [0.29, 0.717) is 6.54 Å². The minimum atomic E-state index is 0. The van der Waals surface area contributed by atoms with E-state index < -0.39 is 0 Å². The zero-order valence-corrected chi connectivity index (χ0v) is 13.1. The number of nitrogens with two attached hydrogens (primary N) is 1. The molecule has 1 fully saturated rings. The van der Waals surface area contributed by atoms with Crippen molar-refractivity contribution < 1.29 is 9.47 Å².